The summed E-state index contributed by atoms with van der Waals surface area (Å²) >= 11 is 0. The van der Waals surface area contributed by atoms with Crippen LogP contribution in [-0.4, -0.2) is 72.5 Å². The molecule has 2 fully saturated rings. The van der Waals surface area contributed by atoms with E-state index in [1.807, 2.05) is 0 Å². The lowest BCUT2D eigenvalue weighted by molar-refractivity contribution is -0.141. The molecule has 2 rings (SSSR count). The van der Waals surface area contributed by atoms with Gasteiger partial charge in [-0.25, -0.2) is 18.0 Å². The van der Waals surface area contributed by atoms with Crippen molar-refractivity contribution < 1.29 is 23.1 Å². The first-order chi connectivity index (χ1) is 7.82. The van der Waals surface area contributed by atoms with Crippen LogP contribution in [0.3, 0.4) is 0 Å². The molecular weight excluding hydrogens is 248 g/mol. The van der Waals surface area contributed by atoms with Crippen molar-refractivity contribution in [3.8, 4) is 0 Å². The van der Waals surface area contributed by atoms with Crippen molar-refractivity contribution in [2.24, 2.45) is 0 Å². The number of likely N-dealkylation sites (N-methyl/N-ethyl adjacent to an activating group) is 1. The molecule has 7 nitrogen and oxygen atoms in total. The van der Waals surface area contributed by atoms with Crippen LogP contribution in [0.15, 0.2) is 0 Å². The second kappa shape index (κ2) is 3.86. The minimum Gasteiger partial charge on any atom is -0.480 e. The second-order valence-electron chi connectivity index (χ2n) is 4.48. The summed E-state index contributed by atoms with van der Waals surface area (Å²) in [5, 5.41) is 9.04. The Morgan fingerprint density at radius 2 is 2.12 bits per heavy atom. The molecule has 2 aliphatic heterocycles. The molecule has 2 atom stereocenters. The molecule has 0 aromatic heterocycles. The number of nitrogens with zero attached hydrogens (tertiary/aromatic N) is 2. The molecule has 2 saturated heterocycles. The molecule has 0 aromatic rings. The van der Waals surface area contributed by atoms with Gasteiger partial charge in [-0.3, -0.25) is 0 Å². The van der Waals surface area contributed by atoms with Gasteiger partial charge in [-0.15, -0.1) is 0 Å². The largest absolute Gasteiger partial charge is 0.480 e. The van der Waals surface area contributed by atoms with Crippen molar-refractivity contribution in [2.45, 2.75) is 18.5 Å². The van der Waals surface area contributed by atoms with Crippen LogP contribution in [0.1, 0.15) is 6.42 Å². The number of amides is 2. The Hall–Kier alpha value is -1.31. The van der Waals surface area contributed by atoms with E-state index in [-0.39, 0.29) is 18.1 Å². The highest BCUT2D eigenvalue weighted by Gasteiger charge is 2.46. The fourth-order valence-corrected chi connectivity index (χ4v) is 4.07. The van der Waals surface area contributed by atoms with Gasteiger partial charge in [0.1, 0.15) is 6.04 Å². The maximum Gasteiger partial charge on any atom is 0.328 e. The number of urea groups is 1. The quantitative estimate of drug-likeness (QED) is 0.688. The lowest BCUT2D eigenvalue weighted by Crippen LogP contribution is -2.47. The number of hydrogen-bond donors (Lipinski definition) is 1. The molecule has 0 aromatic carbocycles. The van der Waals surface area contributed by atoms with Gasteiger partial charge in [0.15, 0.2) is 9.84 Å². The average molecular weight is 262 g/mol. The smallest absolute Gasteiger partial charge is 0.328 e. The first kappa shape index (κ1) is 12.2. The third-order valence-corrected chi connectivity index (χ3v) is 4.97. The van der Waals surface area contributed by atoms with Gasteiger partial charge in [0.05, 0.1) is 18.1 Å². The number of carboxylic acids is 1. The van der Waals surface area contributed by atoms with Gasteiger partial charge in [0.25, 0.3) is 0 Å². The zero-order chi connectivity index (χ0) is 12.8. The minimum atomic E-state index is -3.13. The van der Waals surface area contributed by atoms with Gasteiger partial charge in [-0.05, 0) is 6.42 Å². The summed E-state index contributed by atoms with van der Waals surface area (Å²) in [6, 6.07) is -1.84. The number of carbonyl (C=O) groups is 2. The fourth-order valence-electron chi connectivity index (χ4n) is 2.36. The van der Waals surface area contributed by atoms with E-state index in [9.17, 15) is 18.0 Å². The predicted molar refractivity (Wildman–Crippen MR) is 58.3 cm³/mol. The number of hydrogen-bond acceptors (Lipinski definition) is 4. The van der Waals surface area contributed by atoms with Crippen molar-refractivity contribution in [1.29, 1.82) is 0 Å². The maximum atomic E-state index is 11.8. The van der Waals surface area contributed by atoms with Gasteiger partial charge < -0.3 is 14.9 Å². The van der Waals surface area contributed by atoms with E-state index in [2.05, 4.69) is 0 Å². The highest BCUT2D eigenvalue weighted by atomic mass is 32.2. The van der Waals surface area contributed by atoms with Gasteiger partial charge in [0.2, 0.25) is 0 Å². The average Bonchev–Trinajstić information content (AvgIpc) is 2.69. The molecule has 17 heavy (non-hydrogen) atoms. The lowest BCUT2D eigenvalue weighted by atomic mass is 10.2. The summed E-state index contributed by atoms with van der Waals surface area (Å²) in [5.74, 6) is -1.19. The summed E-state index contributed by atoms with van der Waals surface area (Å²) in [6.07, 6.45) is 0.325. The monoisotopic (exact) mass is 262 g/mol. The fraction of sp³-hybridized carbons (Fsp3) is 0.778. The molecule has 2 amide bonds. The Morgan fingerprint density at radius 3 is 2.59 bits per heavy atom. The molecule has 0 spiro atoms. The van der Waals surface area contributed by atoms with Crippen molar-refractivity contribution in [2.75, 3.05) is 25.1 Å². The Bertz CT molecular complexity index is 460. The van der Waals surface area contributed by atoms with Gasteiger partial charge in [-0.1, -0.05) is 0 Å². The van der Waals surface area contributed by atoms with Crippen LogP contribution in [-0.2, 0) is 14.6 Å². The van der Waals surface area contributed by atoms with E-state index in [4.69, 9.17) is 5.11 Å². The van der Waals surface area contributed by atoms with Crippen molar-refractivity contribution >= 4 is 21.8 Å². The topological polar surface area (TPSA) is 95.0 Å². The highest BCUT2D eigenvalue weighted by molar-refractivity contribution is 7.91. The van der Waals surface area contributed by atoms with Crippen LogP contribution in [0.2, 0.25) is 0 Å². The summed E-state index contributed by atoms with van der Waals surface area (Å²) < 4.78 is 22.7. The van der Waals surface area contributed by atoms with E-state index >= 15 is 0 Å². The van der Waals surface area contributed by atoms with Crippen molar-refractivity contribution in [3.05, 3.63) is 0 Å². The van der Waals surface area contributed by atoms with E-state index in [0.29, 0.717) is 6.42 Å². The summed E-state index contributed by atoms with van der Waals surface area (Å²) in [6.45, 7) is 0.102. The third kappa shape index (κ3) is 2.08. The third-order valence-electron chi connectivity index (χ3n) is 3.22. The predicted octanol–water partition coefficient (Wildman–Crippen LogP) is -1.01. The maximum absolute atomic E-state index is 11.8. The minimum absolute atomic E-state index is 0.0253. The Kier molecular flexibility index (Phi) is 2.76. The first-order valence-corrected chi connectivity index (χ1v) is 7.10. The van der Waals surface area contributed by atoms with Gasteiger partial charge in [-0.2, -0.15) is 0 Å². The number of rotatable bonds is 2. The Labute approximate surface area is 98.9 Å². The van der Waals surface area contributed by atoms with Crippen molar-refractivity contribution in [3.63, 3.8) is 0 Å². The molecule has 96 valence electrons. The normalized spacial score (nSPS) is 32.2. The highest BCUT2D eigenvalue weighted by Crippen LogP contribution is 2.25. The van der Waals surface area contributed by atoms with Gasteiger partial charge >= 0.3 is 12.0 Å². The zero-order valence-electron chi connectivity index (χ0n) is 9.37. The molecule has 0 saturated carbocycles. The molecule has 0 aliphatic carbocycles. The zero-order valence-corrected chi connectivity index (χ0v) is 10.2. The molecule has 1 N–H and O–H groups in total. The number of aliphatic carboxylic acids is 1. The van der Waals surface area contributed by atoms with E-state index in [1.165, 1.54) is 16.8 Å². The van der Waals surface area contributed by atoms with Crippen LogP contribution in [0.4, 0.5) is 4.79 Å². The Balaban J connectivity index is 2.23. The molecule has 0 radical (unpaired) electrons. The molecule has 8 heteroatoms. The first-order valence-electron chi connectivity index (χ1n) is 5.28. The molecular formula is C9H14N2O5S. The molecule has 2 heterocycles. The van der Waals surface area contributed by atoms with Crippen LogP contribution in [0.5, 0.6) is 0 Å². The second-order valence-corrected chi connectivity index (χ2v) is 6.71. The van der Waals surface area contributed by atoms with Crippen LogP contribution in [0, 0.1) is 0 Å². The van der Waals surface area contributed by atoms with Crippen LogP contribution < -0.4 is 0 Å². The van der Waals surface area contributed by atoms with Crippen LogP contribution in [0.25, 0.3) is 0 Å². The summed E-state index contributed by atoms with van der Waals surface area (Å²) in [7, 11) is -1.61. The standard InChI is InChI=1S/C9H14N2O5S/c1-10-4-7(8(12)13)11(9(10)14)6-2-3-17(15,16)5-6/h6-7H,2-5H2,1H3,(H,12,13). The number of carbonyl (C=O) groups excluding carboxylic acids is 1. The van der Waals surface area contributed by atoms with E-state index < -0.39 is 33.9 Å². The molecule has 2 unspecified atom stereocenters. The molecule has 2 aliphatic rings. The number of carboxylic acid groups (broad SMARTS) is 1. The van der Waals surface area contributed by atoms with Gasteiger partial charge in [0, 0.05) is 13.1 Å². The lowest BCUT2D eigenvalue weighted by Gasteiger charge is -2.25. The van der Waals surface area contributed by atoms with Crippen molar-refractivity contribution in [1.82, 2.24) is 9.80 Å². The van der Waals surface area contributed by atoms with E-state index in [0.717, 1.165) is 0 Å². The SMILES string of the molecule is CN1CC(C(=O)O)N(C2CCS(=O)(=O)C2)C1=O. The van der Waals surface area contributed by atoms with Crippen LogP contribution >= 0.6 is 0 Å². The van der Waals surface area contributed by atoms with E-state index in [1.54, 1.807) is 0 Å². The summed E-state index contributed by atoms with van der Waals surface area (Å²) in [4.78, 5) is 25.4. The number of sulfone groups is 1. The Morgan fingerprint density at radius 1 is 1.47 bits per heavy atom. The molecule has 0 bridgehead atoms. The summed E-state index contributed by atoms with van der Waals surface area (Å²) in [5.41, 5.74) is 0.